The van der Waals surface area contributed by atoms with E-state index in [0.29, 0.717) is 10.0 Å². The van der Waals surface area contributed by atoms with Crippen molar-refractivity contribution in [1.29, 1.82) is 0 Å². The van der Waals surface area contributed by atoms with Crippen molar-refractivity contribution < 1.29 is 38.9 Å². The van der Waals surface area contributed by atoms with Gasteiger partial charge in [-0.25, -0.2) is 19.4 Å². The fourth-order valence-corrected chi connectivity index (χ4v) is 1.55. The summed E-state index contributed by atoms with van der Waals surface area (Å²) in [5, 5.41) is 19.1. The van der Waals surface area contributed by atoms with Gasteiger partial charge in [-0.05, 0) is 48.5 Å². The van der Waals surface area contributed by atoms with Crippen LogP contribution in [-0.4, -0.2) is 68.1 Å². The Hall–Kier alpha value is -2.52. The van der Waals surface area contributed by atoms with Gasteiger partial charge < -0.3 is 19.7 Å². The summed E-state index contributed by atoms with van der Waals surface area (Å²) in [6, 6.07) is -1.57. The minimum atomic E-state index is -1.57. The second-order valence-electron chi connectivity index (χ2n) is 7.27. The lowest BCUT2D eigenvalue weighted by atomic mass is 10.2. The second-order valence-corrected chi connectivity index (χ2v) is 7.27. The number of ether oxygens (including phenoxy) is 2. The van der Waals surface area contributed by atoms with E-state index in [1.54, 1.807) is 41.5 Å². The molecule has 0 radical (unpaired) electrons. The summed E-state index contributed by atoms with van der Waals surface area (Å²) in [5.74, 6) is -2.91. The average Bonchev–Trinajstić information content (AvgIpc) is 2.32. The summed E-state index contributed by atoms with van der Waals surface area (Å²) in [6.45, 7) is 9.40. The molecule has 0 bridgehead atoms. The van der Waals surface area contributed by atoms with E-state index in [2.05, 4.69) is 0 Å². The number of hydrogen-bond acceptors (Lipinski definition) is 6. The highest BCUT2D eigenvalue weighted by Crippen LogP contribution is 2.18. The molecule has 2 amide bonds. The number of carboxylic acids is 2. The first-order valence-corrected chi connectivity index (χ1v) is 7.52. The van der Waals surface area contributed by atoms with Gasteiger partial charge in [0.1, 0.15) is 17.7 Å². The largest absolute Gasteiger partial charge is 0.480 e. The third-order valence-corrected chi connectivity index (χ3v) is 2.45. The van der Waals surface area contributed by atoms with E-state index in [1.165, 1.54) is 0 Å². The van der Waals surface area contributed by atoms with E-state index in [-0.39, 0.29) is 0 Å². The summed E-state index contributed by atoms with van der Waals surface area (Å²) < 4.78 is 10.2. The van der Waals surface area contributed by atoms with Crippen LogP contribution in [0, 0.1) is 0 Å². The molecule has 0 fully saturated rings. The van der Waals surface area contributed by atoms with Gasteiger partial charge in [0.15, 0.2) is 6.04 Å². The molecule has 144 valence electrons. The Morgan fingerprint density at radius 3 is 1.60 bits per heavy atom. The van der Waals surface area contributed by atoms with Gasteiger partial charge in [-0.2, -0.15) is 5.01 Å². The highest BCUT2D eigenvalue weighted by molar-refractivity contribution is 5.84. The summed E-state index contributed by atoms with van der Waals surface area (Å²) in [4.78, 5) is 47.2. The van der Waals surface area contributed by atoms with E-state index >= 15 is 0 Å². The Labute approximate surface area is 146 Å². The van der Waals surface area contributed by atoms with Crippen LogP contribution in [0.15, 0.2) is 0 Å². The molecule has 0 saturated heterocycles. The molecule has 0 aromatic rings. The lowest BCUT2D eigenvalue weighted by Crippen LogP contribution is -2.59. The topological polar surface area (TPSA) is 134 Å². The molecule has 0 aliphatic carbocycles. The van der Waals surface area contributed by atoms with Crippen LogP contribution >= 0.6 is 0 Å². The maximum atomic E-state index is 12.4. The molecular formula is C15H26N2O8. The monoisotopic (exact) mass is 362 g/mol. The number of amides is 2. The van der Waals surface area contributed by atoms with Gasteiger partial charge in [0.2, 0.25) is 0 Å². The summed E-state index contributed by atoms with van der Waals surface area (Å²) >= 11 is 0. The Balaban J connectivity index is 5.89. The third-order valence-electron chi connectivity index (χ3n) is 2.45. The molecule has 25 heavy (non-hydrogen) atoms. The molecule has 0 aromatic heterocycles. The third kappa shape index (κ3) is 8.23. The zero-order chi connectivity index (χ0) is 20.2. The van der Waals surface area contributed by atoms with E-state index in [1.807, 2.05) is 0 Å². The molecular weight excluding hydrogens is 336 g/mol. The Morgan fingerprint density at radius 2 is 1.28 bits per heavy atom. The second kappa shape index (κ2) is 8.04. The fraction of sp³-hybridized carbons (Fsp3) is 0.733. The Bertz CT molecular complexity index is 533. The Kier molecular flexibility index (Phi) is 7.23. The standard InChI is InChI=1S/C15H26N2O8/c1-9(11(20)21)17(13(23)25-15(5,6)7)16(8-10(18)19)12(22)24-14(2,3)4/h9H,8H2,1-7H3,(H,18,19)(H,20,21). The summed E-state index contributed by atoms with van der Waals surface area (Å²) in [6.07, 6.45) is -2.37. The van der Waals surface area contributed by atoms with Crippen LogP contribution in [0.2, 0.25) is 0 Å². The molecule has 10 nitrogen and oxygen atoms in total. The molecule has 0 aromatic carbocycles. The number of aliphatic carboxylic acids is 2. The van der Waals surface area contributed by atoms with Gasteiger partial charge in [-0.3, -0.25) is 4.79 Å². The lowest BCUT2D eigenvalue weighted by molar-refractivity contribution is -0.155. The number of carbonyl (C=O) groups excluding carboxylic acids is 2. The van der Waals surface area contributed by atoms with Crippen LogP contribution in [0.4, 0.5) is 9.59 Å². The minimum absolute atomic E-state index is 0.403. The van der Waals surface area contributed by atoms with Crippen molar-refractivity contribution in [3.63, 3.8) is 0 Å². The number of rotatable bonds is 4. The number of nitrogens with zero attached hydrogens (tertiary/aromatic N) is 2. The van der Waals surface area contributed by atoms with Crippen LogP contribution in [0.5, 0.6) is 0 Å². The van der Waals surface area contributed by atoms with Crippen LogP contribution in [0.25, 0.3) is 0 Å². The molecule has 0 spiro atoms. The molecule has 0 aliphatic rings. The molecule has 2 N–H and O–H groups in total. The van der Waals surface area contributed by atoms with E-state index in [4.69, 9.17) is 14.6 Å². The Morgan fingerprint density at radius 1 is 0.880 bits per heavy atom. The molecule has 0 aliphatic heterocycles. The zero-order valence-electron chi connectivity index (χ0n) is 15.5. The number of carbonyl (C=O) groups is 4. The highest BCUT2D eigenvalue weighted by Gasteiger charge is 2.39. The van der Waals surface area contributed by atoms with Crippen molar-refractivity contribution in [2.75, 3.05) is 6.54 Å². The first-order valence-electron chi connectivity index (χ1n) is 7.52. The van der Waals surface area contributed by atoms with Gasteiger partial charge in [0.05, 0.1) is 0 Å². The molecule has 0 saturated carbocycles. The smallest absolute Gasteiger partial charge is 0.430 e. The fourth-order valence-electron chi connectivity index (χ4n) is 1.55. The lowest BCUT2D eigenvalue weighted by Gasteiger charge is -2.37. The normalized spacial score (nSPS) is 12.8. The minimum Gasteiger partial charge on any atom is -0.480 e. The van der Waals surface area contributed by atoms with E-state index < -0.39 is 47.9 Å². The van der Waals surface area contributed by atoms with Gasteiger partial charge in [-0.1, -0.05) is 0 Å². The van der Waals surface area contributed by atoms with Crippen molar-refractivity contribution >= 4 is 24.1 Å². The van der Waals surface area contributed by atoms with Crippen molar-refractivity contribution in [1.82, 2.24) is 10.0 Å². The van der Waals surface area contributed by atoms with Crippen LogP contribution in [0.3, 0.4) is 0 Å². The maximum Gasteiger partial charge on any atom is 0.430 e. The van der Waals surface area contributed by atoms with Gasteiger partial charge >= 0.3 is 24.1 Å². The molecule has 10 heteroatoms. The molecule has 1 atom stereocenters. The van der Waals surface area contributed by atoms with Crippen molar-refractivity contribution in [2.45, 2.75) is 65.7 Å². The number of carboxylic acid groups (broad SMARTS) is 2. The molecule has 1 unspecified atom stereocenters. The van der Waals surface area contributed by atoms with Gasteiger partial charge in [0.25, 0.3) is 0 Å². The summed E-state index contributed by atoms with van der Waals surface area (Å²) in [7, 11) is 0. The summed E-state index contributed by atoms with van der Waals surface area (Å²) in [5.41, 5.74) is -1.98. The van der Waals surface area contributed by atoms with Crippen molar-refractivity contribution in [3.05, 3.63) is 0 Å². The van der Waals surface area contributed by atoms with E-state index in [9.17, 15) is 24.3 Å². The van der Waals surface area contributed by atoms with Crippen molar-refractivity contribution in [2.24, 2.45) is 0 Å². The van der Waals surface area contributed by atoms with Gasteiger partial charge in [-0.15, -0.1) is 0 Å². The molecule has 0 heterocycles. The van der Waals surface area contributed by atoms with Gasteiger partial charge in [0, 0.05) is 0 Å². The first-order chi connectivity index (χ1) is 11.0. The first kappa shape index (κ1) is 22.5. The highest BCUT2D eigenvalue weighted by atomic mass is 16.6. The SMILES string of the molecule is CC(C(=O)O)N(C(=O)OC(C)(C)C)N(CC(=O)O)C(=O)OC(C)(C)C. The average molecular weight is 362 g/mol. The maximum absolute atomic E-state index is 12.4. The predicted molar refractivity (Wildman–Crippen MR) is 85.7 cm³/mol. The predicted octanol–water partition coefficient (Wildman–Crippen LogP) is 1.93. The van der Waals surface area contributed by atoms with Crippen LogP contribution in [0.1, 0.15) is 48.5 Å². The number of hydrazine groups is 1. The zero-order valence-corrected chi connectivity index (χ0v) is 15.5. The van der Waals surface area contributed by atoms with Crippen LogP contribution in [-0.2, 0) is 19.1 Å². The van der Waals surface area contributed by atoms with Crippen molar-refractivity contribution in [3.8, 4) is 0 Å². The van der Waals surface area contributed by atoms with Crippen LogP contribution < -0.4 is 0 Å². The number of hydrogen-bond donors (Lipinski definition) is 2. The molecule has 0 rings (SSSR count). The quantitative estimate of drug-likeness (QED) is 0.725. The van der Waals surface area contributed by atoms with E-state index in [0.717, 1.165) is 6.92 Å².